The van der Waals surface area contributed by atoms with E-state index in [4.69, 9.17) is 11.6 Å². The molecule has 1 heterocycles. The summed E-state index contributed by atoms with van der Waals surface area (Å²) in [5, 5.41) is 3.52. The highest BCUT2D eigenvalue weighted by Crippen LogP contribution is 2.18. The number of hydrogen-bond donors (Lipinski definition) is 1. The molecule has 2 nitrogen and oxygen atoms in total. The van der Waals surface area contributed by atoms with Crippen LogP contribution in [0.5, 0.6) is 0 Å². The SMILES string of the molecule is CNc1cc(Cl)ncc1C#CC(C)(C)C. The number of nitrogens with zero attached hydrogens (tertiary/aromatic N) is 1. The monoisotopic (exact) mass is 222 g/mol. The third-order valence-electron chi connectivity index (χ3n) is 1.71. The predicted molar refractivity (Wildman–Crippen MR) is 65.1 cm³/mol. The van der Waals surface area contributed by atoms with E-state index < -0.39 is 0 Å². The molecule has 0 aliphatic carbocycles. The van der Waals surface area contributed by atoms with Crippen molar-refractivity contribution in [1.82, 2.24) is 4.98 Å². The second kappa shape index (κ2) is 4.55. The maximum absolute atomic E-state index is 5.79. The van der Waals surface area contributed by atoms with E-state index in [0.29, 0.717) is 5.15 Å². The number of pyridine rings is 1. The van der Waals surface area contributed by atoms with E-state index in [1.807, 2.05) is 7.05 Å². The van der Waals surface area contributed by atoms with Gasteiger partial charge in [-0.3, -0.25) is 0 Å². The molecule has 1 N–H and O–H groups in total. The van der Waals surface area contributed by atoms with Gasteiger partial charge in [-0.05, 0) is 26.8 Å². The van der Waals surface area contributed by atoms with Crippen LogP contribution < -0.4 is 5.32 Å². The summed E-state index contributed by atoms with van der Waals surface area (Å²) in [4.78, 5) is 4.01. The van der Waals surface area contributed by atoms with Gasteiger partial charge in [0.25, 0.3) is 0 Å². The van der Waals surface area contributed by atoms with Crippen molar-refractivity contribution >= 4 is 17.3 Å². The lowest BCUT2D eigenvalue weighted by Gasteiger charge is -2.08. The molecule has 0 fully saturated rings. The molecule has 1 aromatic rings. The van der Waals surface area contributed by atoms with Crippen LogP contribution in [0.4, 0.5) is 5.69 Å². The van der Waals surface area contributed by atoms with Gasteiger partial charge in [-0.1, -0.05) is 23.4 Å². The first-order valence-electron chi connectivity index (χ1n) is 4.79. The standard InChI is InChI=1S/C12H15ClN2/c1-12(2,3)6-5-9-8-15-11(13)7-10(9)14-4/h7-8H,1-4H3,(H,14,15). The summed E-state index contributed by atoms with van der Waals surface area (Å²) in [6, 6.07) is 1.77. The fraction of sp³-hybridized carbons (Fsp3) is 0.417. The Labute approximate surface area is 96.1 Å². The summed E-state index contributed by atoms with van der Waals surface area (Å²) in [5.41, 5.74) is 1.77. The molecule has 0 radical (unpaired) electrons. The molecule has 0 aromatic carbocycles. The molecule has 0 saturated heterocycles. The van der Waals surface area contributed by atoms with E-state index >= 15 is 0 Å². The third-order valence-corrected chi connectivity index (χ3v) is 1.92. The average molecular weight is 223 g/mol. The number of aromatic nitrogens is 1. The largest absolute Gasteiger partial charge is 0.387 e. The molecule has 1 rings (SSSR count). The van der Waals surface area contributed by atoms with Crippen molar-refractivity contribution in [3.63, 3.8) is 0 Å². The highest BCUT2D eigenvalue weighted by Gasteiger charge is 2.05. The summed E-state index contributed by atoms with van der Waals surface area (Å²) < 4.78 is 0. The van der Waals surface area contributed by atoms with Gasteiger partial charge in [-0.25, -0.2) is 4.98 Å². The summed E-state index contributed by atoms with van der Waals surface area (Å²) >= 11 is 5.79. The van der Waals surface area contributed by atoms with Gasteiger partial charge in [0, 0.05) is 18.7 Å². The van der Waals surface area contributed by atoms with Crippen LogP contribution in [0, 0.1) is 17.3 Å². The number of nitrogens with one attached hydrogen (secondary N) is 1. The Balaban J connectivity index is 3.08. The van der Waals surface area contributed by atoms with Gasteiger partial charge in [0.2, 0.25) is 0 Å². The van der Waals surface area contributed by atoms with E-state index in [-0.39, 0.29) is 5.41 Å². The van der Waals surface area contributed by atoms with Crippen LogP contribution >= 0.6 is 11.6 Å². The molecule has 0 atom stereocenters. The molecule has 80 valence electrons. The van der Waals surface area contributed by atoms with Crippen molar-refractivity contribution in [2.45, 2.75) is 20.8 Å². The van der Waals surface area contributed by atoms with E-state index in [2.05, 4.69) is 42.9 Å². The Kier molecular flexibility index (Phi) is 3.60. The molecular weight excluding hydrogens is 208 g/mol. The number of halogens is 1. The highest BCUT2D eigenvalue weighted by atomic mass is 35.5. The first kappa shape index (κ1) is 11.9. The summed E-state index contributed by atoms with van der Waals surface area (Å²) in [6.07, 6.45) is 1.69. The van der Waals surface area contributed by atoms with Crippen LogP contribution in [-0.2, 0) is 0 Å². The lowest BCUT2D eigenvalue weighted by molar-refractivity contribution is 0.571. The Hall–Kier alpha value is -1.20. The zero-order valence-electron chi connectivity index (χ0n) is 9.48. The Morgan fingerprint density at radius 1 is 1.40 bits per heavy atom. The molecule has 1 aromatic heterocycles. The van der Waals surface area contributed by atoms with Gasteiger partial charge in [0.1, 0.15) is 5.15 Å². The zero-order chi connectivity index (χ0) is 11.5. The minimum Gasteiger partial charge on any atom is -0.387 e. The number of rotatable bonds is 1. The Morgan fingerprint density at radius 2 is 2.07 bits per heavy atom. The summed E-state index contributed by atoms with van der Waals surface area (Å²) in [7, 11) is 1.84. The lowest BCUT2D eigenvalue weighted by Crippen LogP contribution is -2.00. The second-order valence-electron chi connectivity index (χ2n) is 4.30. The maximum atomic E-state index is 5.79. The van der Waals surface area contributed by atoms with Gasteiger partial charge in [-0.2, -0.15) is 0 Å². The fourth-order valence-electron chi connectivity index (χ4n) is 0.991. The Bertz CT molecular complexity index is 408. The summed E-state index contributed by atoms with van der Waals surface area (Å²) in [6.45, 7) is 6.22. The molecule has 0 spiro atoms. The predicted octanol–water partition coefficient (Wildman–Crippen LogP) is 3.17. The van der Waals surface area contributed by atoms with Crippen LogP contribution in [-0.4, -0.2) is 12.0 Å². The van der Waals surface area contributed by atoms with Crippen LogP contribution in [0.3, 0.4) is 0 Å². The van der Waals surface area contributed by atoms with Gasteiger partial charge in [0.05, 0.1) is 11.3 Å². The van der Waals surface area contributed by atoms with Crippen molar-refractivity contribution in [3.05, 3.63) is 23.0 Å². The molecule has 0 aliphatic heterocycles. The first-order chi connectivity index (χ1) is 6.92. The van der Waals surface area contributed by atoms with E-state index in [1.165, 1.54) is 0 Å². The molecule has 0 unspecified atom stereocenters. The lowest BCUT2D eigenvalue weighted by atomic mass is 9.97. The van der Waals surface area contributed by atoms with Gasteiger partial charge >= 0.3 is 0 Å². The molecule has 0 saturated carbocycles. The van der Waals surface area contributed by atoms with Crippen molar-refractivity contribution in [2.75, 3.05) is 12.4 Å². The maximum Gasteiger partial charge on any atom is 0.131 e. The van der Waals surface area contributed by atoms with Crippen LogP contribution in [0.25, 0.3) is 0 Å². The average Bonchev–Trinajstić information content (AvgIpc) is 2.14. The van der Waals surface area contributed by atoms with Crippen molar-refractivity contribution in [2.24, 2.45) is 5.41 Å². The normalized spacial score (nSPS) is 10.5. The number of anilines is 1. The Morgan fingerprint density at radius 3 is 2.60 bits per heavy atom. The first-order valence-corrected chi connectivity index (χ1v) is 5.16. The highest BCUT2D eigenvalue weighted by molar-refractivity contribution is 6.29. The summed E-state index contributed by atoms with van der Waals surface area (Å²) in [5.74, 6) is 6.26. The topological polar surface area (TPSA) is 24.9 Å². The molecule has 0 aliphatic rings. The smallest absolute Gasteiger partial charge is 0.131 e. The van der Waals surface area contributed by atoms with Gasteiger partial charge in [-0.15, -0.1) is 0 Å². The number of hydrogen-bond acceptors (Lipinski definition) is 2. The minimum absolute atomic E-state index is 0.00928. The molecule has 3 heteroatoms. The van der Waals surface area contributed by atoms with Gasteiger partial charge < -0.3 is 5.32 Å². The van der Waals surface area contributed by atoms with Crippen LogP contribution in [0.1, 0.15) is 26.3 Å². The van der Waals surface area contributed by atoms with Crippen molar-refractivity contribution < 1.29 is 0 Å². The molecule has 0 bridgehead atoms. The van der Waals surface area contributed by atoms with Gasteiger partial charge in [0.15, 0.2) is 0 Å². The molecule has 15 heavy (non-hydrogen) atoms. The minimum atomic E-state index is -0.00928. The van der Waals surface area contributed by atoms with Crippen LogP contribution in [0.15, 0.2) is 12.3 Å². The molecule has 0 amide bonds. The zero-order valence-corrected chi connectivity index (χ0v) is 10.2. The molecular formula is C12H15ClN2. The fourth-order valence-corrected chi connectivity index (χ4v) is 1.15. The van der Waals surface area contributed by atoms with Crippen LogP contribution in [0.2, 0.25) is 5.15 Å². The second-order valence-corrected chi connectivity index (χ2v) is 4.69. The van der Waals surface area contributed by atoms with E-state index in [0.717, 1.165) is 11.3 Å². The van der Waals surface area contributed by atoms with Crippen molar-refractivity contribution in [1.29, 1.82) is 0 Å². The van der Waals surface area contributed by atoms with Crippen molar-refractivity contribution in [3.8, 4) is 11.8 Å². The van der Waals surface area contributed by atoms with E-state index in [1.54, 1.807) is 12.3 Å². The quantitative estimate of drug-likeness (QED) is 0.583. The third kappa shape index (κ3) is 3.81. The van der Waals surface area contributed by atoms with E-state index in [9.17, 15) is 0 Å².